The van der Waals surface area contributed by atoms with Crippen molar-refractivity contribution in [2.45, 2.75) is 6.61 Å². The molecule has 1 N–H and O–H groups in total. The van der Waals surface area contributed by atoms with Gasteiger partial charge in [-0.05, 0) is 69.5 Å². The molecule has 1 amide bonds. The Kier molecular flexibility index (Phi) is 6.79. The van der Waals surface area contributed by atoms with E-state index >= 15 is 0 Å². The molecule has 0 radical (unpaired) electrons. The van der Waals surface area contributed by atoms with Crippen molar-refractivity contribution in [3.63, 3.8) is 0 Å². The molecule has 0 aliphatic heterocycles. The van der Waals surface area contributed by atoms with Crippen molar-refractivity contribution in [2.75, 3.05) is 0 Å². The molecule has 4 nitrogen and oxygen atoms in total. The quantitative estimate of drug-likeness (QED) is 0.385. The van der Waals surface area contributed by atoms with E-state index in [9.17, 15) is 9.18 Å². The van der Waals surface area contributed by atoms with Crippen LogP contribution >= 0.6 is 27.5 Å². The summed E-state index contributed by atoms with van der Waals surface area (Å²) in [7, 11) is 0. The summed E-state index contributed by atoms with van der Waals surface area (Å²) < 4.78 is 19.4. The summed E-state index contributed by atoms with van der Waals surface area (Å²) in [5.41, 5.74) is 4.42. The molecule has 3 rings (SSSR count). The van der Waals surface area contributed by atoms with Crippen LogP contribution in [0, 0.1) is 5.82 Å². The Labute approximate surface area is 175 Å². The third-order valence-corrected chi connectivity index (χ3v) is 4.71. The number of carbonyl (C=O) groups excluding carboxylic acids is 1. The van der Waals surface area contributed by atoms with Gasteiger partial charge in [0.1, 0.15) is 18.2 Å². The van der Waals surface area contributed by atoms with Crippen molar-refractivity contribution in [2.24, 2.45) is 5.10 Å². The smallest absolute Gasteiger partial charge is 0.272 e. The van der Waals surface area contributed by atoms with E-state index in [0.29, 0.717) is 22.9 Å². The lowest BCUT2D eigenvalue weighted by Crippen LogP contribution is -2.17. The van der Waals surface area contributed by atoms with E-state index in [4.69, 9.17) is 16.3 Å². The fourth-order valence-electron chi connectivity index (χ4n) is 2.33. The van der Waals surface area contributed by atoms with Gasteiger partial charge in [0.2, 0.25) is 0 Å². The number of rotatable bonds is 6. The van der Waals surface area contributed by atoms with Crippen molar-refractivity contribution in [1.82, 2.24) is 5.43 Å². The van der Waals surface area contributed by atoms with Crippen LogP contribution in [0.25, 0.3) is 0 Å². The zero-order valence-electron chi connectivity index (χ0n) is 14.5. The Morgan fingerprint density at radius 3 is 2.61 bits per heavy atom. The molecule has 0 bridgehead atoms. The number of hydrogen-bond donors (Lipinski definition) is 1. The minimum Gasteiger partial charge on any atom is -0.488 e. The Bertz CT molecular complexity index is 1010. The van der Waals surface area contributed by atoms with Gasteiger partial charge < -0.3 is 4.74 Å². The second kappa shape index (κ2) is 9.48. The first-order valence-corrected chi connectivity index (χ1v) is 9.45. The van der Waals surface area contributed by atoms with Crippen LogP contribution in [0.2, 0.25) is 5.02 Å². The minimum absolute atomic E-state index is 0.282. The normalized spacial score (nSPS) is 10.8. The predicted octanol–water partition coefficient (Wildman–Crippen LogP) is 5.58. The first-order chi connectivity index (χ1) is 13.5. The van der Waals surface area contributed by atoms with Gasteiger partial charge >= 0.3 is 0 Å². The Hall–Kier alpha value is -2.70. The Morgan fingerprint density at radius 1 is 1.14 bits per heavy atom. The molecule has 3 aromatic rings. The molecule has 0 aromatic heterocycles. The maximum atomic E-state index is 12.9. The number of hydrogen-bond acceptors (Lipinski definition) is 3. The first-order valence-electron chi connectivity index (χ1n) is 8.27. The van der Waals surface area contributed by atoms with Crippen molar-refractivity contribution in [3.05, 3.63) is 98.7 Å². The largest absolute Gasteiger partial charge is 0.488 e. The maximum absolute atomic E-state index is 12.9. The number of amides is 1. The van der Waals surface area contributed by atoms with Gasteiger partial charge in [-0.25, -0.2) is 9.82 Å². The average molecular weight is 462 g/mol. The molecule has 0 fully saturated rings. The Balaban J connectivity index is 1.59. The maximum Gasteiger partial charge on any atom is 0.272 e. The van der Waals surface area contributed by atoms with Gasteiger partial charge in [0.25, 0.3) is 5.91 Å². The number of hydrazone groups is 1. The highest BCUT2D eigenvalue weighted by Gasteiger charge is 2.08. The molecule has 0 saturated heterocycles. The van der Waals surface area contributed by atoms with Gasteiger partial charge in [-0.15, -0.1) is 0 Å². The van der Waals surface area contributed by atoms with Crippen molar-refractivity contribution >= 4 is 39.7 Å². The molecule has 0 saturated carbocycles. The predicted molar refractivity (Wildman–Crippen MR) is 111 cm³/mol. The van der Waals surface area contributed by atoms with E-state index in [1.54, 1.807) is 48.5 Å². The average Bonchev–Trinajstić information content (AvgIpc) is 2.69. The third kappa shape index (κ3) is 5.41. The second-order valence-electron chi connectivity index (χ2n) is 5.78. The van der Waals surface area contributed by atoms with E-state index in [1.807, 2.05) is 6.07 Å². The molecule has 0 unspecified atom stereocenters. The van der Waals surface area contributed by atoms with Gasteiger partial charge in [0.15, 0.2) is 0 Å². The summed E-state index contributed by atoms with van der Waals surface area (Å²) >= 11 is 9.43. The molecular formula is C21H15BrClFN2O2. The summed E-state index contributed by atoms with van der Waals surface area (Å²) in [6.07, 6.45) is 1.52. The van der Waals surface area contributed by atoms with Crippen molar-refractivity contribution in [3.8, 4) is 5.75 Å². The molecule has 7 heteroatoms. The molecule has 142 valence electrons. The molecule has 0 aliphatic carbocycles. The zero-order valence-corrected chi connectivity index (χ0v) is 16.9. The minimum atomic E-state index is -0.389. The monoisotopic (exact) mass is 460 g/mol. The van der Waals surface area contributed by atoms with Gasteiger partial charge in [-0.1, -0.05) is 35.9 Å². The van der Waals surface area contributed by atoms with Crippen LogP contribution in [0.15, 0.2) is 76.3 Å². The number of carbonyl (C=O) groups is 1. The summed E-state index contributed by atoms with van der Waals surface area (Å²) in [4.78, 5) is 12.1. The Morgan fingerprint density at radius 2 is 1.89 bits per heavy atom. The highest BCUT2D eigenvalue weighted by molar-refractivity contribution is 9.10. The van der Waals surface area contributed by atoms with Gasteiger partial charge in [-0.3, -0.25) is 4.79 Å². The second-order valence-corrected chi connectivity index (χ2v) is 7.05. The molecule has 0 spiro atoms. The molecule has 28 heavy (non-hydrogen) atoms. The van der Waals surface area contributed by atoms with Crippen LogP contribution < -0.4 is 10.2 Å². The summed E-state index contributed by atoms with van der Waals surface area (Å²) in [5.74, 6) is -0.0306. The van der Waals surface area contributed by atoms with E-state index in [-0.39, 0.29) is 11.7 Å². The fraction of sp³-hybridized carbons (Fsp3) is 0.0476. The van der Waals surface area contributed by atoms with Crippen LogP contribution in [0.1, 0.15) is 21.5 Å². The summed E-state index contributed by atoms with van der Waals surface area (Å²) in [6, 6.07) is 18.3. The molecule has 3 aromatic carbocycles. The topological polar surface area (TPSA) is 50.7 Å². The van der Waals surface area contributed by atoms with Crippen LogP contribution in [0.3, 0.4) is 0 Å². The lowest BCUT2D eigenvalue weighted by atomic mass is 10.2. The van der Waals surface area contributed by atoms with Gasteiger partial charge in [0, 0.05) is 0 Å². The van der Waals surface area contributed by atoms with Crippen molar-refractivity contribution < 1.29 is 13.9 Å². The molecule has 0 aliphatic rings. The SMILES string of the molecule is O=C(N/N=C\c1ccc(OCc2ccc(F)cc2)c(Br)c1)c1ccccc1Cl. The highest BCUT2D eigenvalue weighted by Crippen LogP contribution is 2.26. The highest BCUT2D eigenvalue weighted by atomic mass is 79.9. The number of nitrogens with one attached hydrogen (secondary N) is 1. The number of nitrogens with zero attached hydrogens (tertiary/aromatic N) is 1. The molecule has 0 heterocycles. The number of benzene rings is 3. The van der Waals surface area contributed by atoms with Crippen LogP contribution in [-0.2, 0) is 6.61 Å². The number of halogens is 3. The molecule has 0 atom stereocenters. The number of ether oxygens (including phenoxy) is 1. The zero-order chi connectivity index (χ0) is 19.9. The van der Waals surface area contributed by atoms with Crippen LogP contribution in [0.5, 0.6) is 5.75 Å². The van der Waals surface area contributed by atoms with E-state index in [1.165, 1.54) is 18.3 Å². The summed E-state index contributed by atoms with van der Waals surface area (Å²) in [6.45, 7) is 0.320. The van der Waals surface area contributed by atoms with Crippen LogP contribution in [0.4, 0.5) is 4.39 Å². The molecular weight excluding hydrogens is 447 g/mol. The standard InChI is InChI=1S/C21H15BrClFN2O2/c22-18-11-15(12-25-26-21(27)17-3-1-2-4-19(17)23)7-10-20(18)28-13-14-5-8-16(24)9-6-14/h1-12H,13H2,(H,26,27)/b25-12-. The van der Waals surface area contributed by atoms with E-state index in [2.05, 4.69) is 26.5 Å². The lowest BCUT2D eigenvalue weighted by molar-refractivity contribution is 0.0955. The van der Waals surface area contributed by atoms with Gasteiger partial charge in [0.05, 0.1) is 21.3 Å². The van der Waals surface area contributed by atoms with Crippen molar-refractivity contribution in [1.29, 1.82) is 0 Å². The first kappa shape index (κ1) is 20.0. The fourth-order valence-corrected chi connectivity index (χ4v) is 3.06. The third-order valence-electron chi connectivity index (χ3n) is 3.76. The van der Waals surface area contributed by atoms with E-state index in [0.717, 1.165) is 15.6 Å². The lowest BCUT2D eigenvalue weighted by Gasteiger charge is -2.09. The summed E-state index contributed by atoms with van der Waals surface area (Å²) in [5, 5.41) is 4.31. The van der Waals surface area contributed by atoms with Crippen LogP contribution in [-0.4, -0.2) is 12.1 Å². The van der Waals surface area contributed by atoms with E-state index < -0.39 is 0 Å². The van der Waals surface area contributed by atoms with Gasteiger partial charge in [-0.2, -0.15) is 5.10 Å².